The molecule has 1 aromatic rings. The second-order valence-corrected chi connectivity index (χ2v) is 7.24. The molecule has 1 amide bonds. The van der Waals surface area contributed by atoms with Crippen molar-refractivity contribution in [3.8, 4) is 0 Å². The molecule has 0 aromatic carbocycles. The highest BCUT2D eigenvalue weighted by Gasteiger charge is 2.34. The van der Waals surface area contributed by atoms with E-state index in [1.54, 1.807) is 19.9 Å². The molecule has 0 bridgehead atoms. The lowest BCUT2D eigenvalue weighted by atomic mass is 9.84. The summed E-state index contributed by atoms with van der Waals surface area (Å²) in [4.78, 5) is 24.2. The van der Waals surface area contributed by atoms with Gasteiger partial charge in [-0.15, -0.1) is 11.3 Å². The van der Waals surface area contributed by atoms with Crippen LogP contribution in [-0.2, 0) is 9.59 Å². The van der Waals surface area contributed by atoms with Crippen molar-refractivity contribution in [2.45, 2.75) is 45.6 Å². The molecule has 2 atom stereocenters. The predicted octanol–water partition coefficient (Wildman–Crippen LogP) is 3.51. The number of amides is 1. The first-order chi connectivity index (χ1) is 9.15. The number of hydrogen-bond acceptors (Lipinski definition) is 3. The highest BCUT2D eigenvalue weighted by atomic mass is 35.5. The van der Waals surface area contributed by atoms with Crippen molar-refractivity contribution >= 4 is 34.8 Å². The maximum atomic E-state index is 12.3. The van der Waals surface area contributed by atoms with Gasteiger partial charge in [-0.25, -0.2) is 0 Å². The molecule has 6 heteroatoms. The number of carbonyl (C=O) groups excluding carboxylic acids is 1. The Morgan fingerprint density at radius 2 is 2.00 bits per heavy atom. The van der Waals surface area contributed by atoms with Gasteiger partial charge in [-0.05, 0) is 31.9 Å². The molecule has 112 valence electrons. The Labute approximate surface area is 128 Å². The summed E-state index contributed by atoms with van der Waals surface area (Å²) in [6, 6.07) is 3.57. The summed E-state index contributed by atoms with van der Waals surface area (Å²) in [5, 5.41) is 11.9. The van der Waals surface area contributed by atoms with Gasteiger partial charge in [0.2, 0.25) is 5.91 Å². The summed E-state index contributed by atoms with van der Waals surface area (Å²) in [6.45, 7) is 7.35. The molecule has 20 heavy (non-hydrogen) atoms. The van der Waals surface area contributed by atoms with E-state index in [2.05, 4.69) is 5.32 Å². The maximum Gasteiger partial charge on any atom is 0.305 e. The van der Waals surface area contributed by atoms with Crippen LogP contribution in [0.25, 0.3) is 0 Å². The fraction of sp³-hybridized carbons (Fsp3) is 0.571. The van der Waals surface area contributed by atoms with Gasteiger partial charge in [-0.1, -0.05) is 25.4 Å². The molecule has 2 unspecified atom stereocenters. The summed E-state index contributed by atoms with van der Waals surface area (Å²) in [5.74, 6) is -1.43. The van der Waals surface area contributed by atoms with Crippen molar-refractivity contribution in [1.29, 1.82) is 0 Å². The SMILES string of the molecule is CC(C(=O)NC(C)(CC(=O)O)C(C)C)c1ccc(Cl)s1. The number of aliphatic carboxylic acids is 1. The van der Waals surface area contributed by atoms with Gasteiger partial charge in [0.15, 0.2) is 0 Å². The Morgan fingerprint density at radius 3 is 2.40 bits per heavy atom. The smallest absolute Gasteiger partial charge is 0.305 e. The molecule has 1 aromatic heterocycles. The highest BCUT2D eigenvalue weighted by Crippen LogP contribution is 2.29. The Kier molecular flexibility index (Phi) is 5.59. The predicted molar refractivity (Wildman–Crippen MR) is 81.4 cm³/mol. The van der Waals surface area contributed by atoms with Gasteiger partial charge < -0.3 is 10.4 Å². The average Bonchev–Trinajstić information content (AvgIpc) is 2.73. The number of hydrogen-bond donors (Lipinski definition) is 2. The first-order valence-corrected chi connectivity index (χ1v) is 7.64. The Bertz CT molecular complexity index is 500. The van der Waals surface area contributed by atoms with E-state index in [9.17, 15) is 9.59 Å². The normalized spacial score (nSPS) is 15.7. The van der Waals surface area contributed by atoms with Gasteiger partial charge in [-0.3, -0.25) is 9.59 Å². The van der Waals surface area contributed by atoms with Crippen LogP contribution < -0.4 is 5.32 Å². The molecule has 1 heterocycles. The van der Waals surface area contributed by atoms with E-state index in [1.807, 2.05) is 19.9 Å². The van der Waals surface area contributed by atoms with Crippen LogP contribution in [0.5, 0.6) is 0 Å². The fourth-order valence-corrected chi connectivity index (χ4v) is 2.90. The molecular weight excluding hydrogens is 298 g/mol. The second kappa shape index (κ2) is 6.59. The summed E-state index contributed by atoms with van der Waals surface area (Å²) in [6.07, 6.45) is -0.103. The lowest BCUT2D eigenvalue weighted by Gasteiger charge is -2.34. The molecular formula is C14H20ClNO3S. The maximum absolute atomic E-state index is 12.3. The molecule has 1 rings (SSSR count). The fourth-order valence-electron chi connectivity index (χ4n) is 1.79. The summed E-state index contributed by atoms with van der Waals surface area (Å²) in [7, 11) is 0. The number of carboxylic acid groups (broad SMARTS) is 1. The quantitative estimate of drug-likeness (QED) is 0.843. The summed E-state index contributed by atoms with van der Waals surface area (Å²) < 4.78 is 0.636. The number of rotatable bonds is 6. The molecule has 0 spiro atoms. The van der Waals surface area contributed by atoms with Gasteiger partial charge in [0.25, 0.3) is 0 Å². The van der Waals surface area contributed by atoms with Crippen LogP contribution in [0.15, 0.2) is 12.1 Å². The van der Waals surface area contributed by atoms with Gasteiger partial charge >= 0.3 is 5.97 Å². The number of halogens is 1. The summed E-state index contributed by atoms with van der Waals surface area (Å²) >= 11 is 7.23. The van der Waals surface area contributed by atoms with Crippen molar-refractivity contribution in [3.05, 3.63) is 21.3 Å². The zero-order valence-corrected chi connectivity index (χ0v) is 13.6. The Balaban J connectivity index is 2.83. The third-order valence-electron chi connectivity index (χ3n) is 3.62. The van der Waals surface area contributed by atoms with Gasteiger partial charge in [0.1, 0.15) is 0 Å². The topological polar surface area (TPSA) is 66.4 Å². The number of carboxylic acids is 1. The van der Waals surface area contributed by atoms with Crippen LogP contribution in [0, 0.1) is 5.92 Å². The van der Waals surface area contributed by atoms with Crippen molar-refractivity contribution in [1.82, 2.24) is 5.32 Å². The third-order valence-corrected chi connectivity index (χ3v) is 5.03. The van der Waals surface area contributed by atoms with Crippen molar-refractivity contribution in [3.63, 3.8) is 0 Å². The standard InChI is InChI=1S/C14H20ClNO3S/c1-8(2)14(4,7-12(17)18)16-13(19)9(3)10-5-6-11(15)20-10/h5-6,8-9H,7H2,1-4H3,(H,16,19)(H,17,18). The van der Waals surface area contributed by atoms with Crippen LogP contribution in [0.4, 0.5) is 0 Å². The van der Waals surface area contributed by atoms with E-state index in [-0.39, 0.29) is 24.2 Å². The molecule has 0 aliphatic rings. The molecule has 0 fully saturated rings. The lowest BCUT2D eigenvalue weighted by Crippen LogP contribution is -2.52. The molecule has 0 saturated carbocycles. The third kappa shape index (κ3) is 4.21. The summed E-state index contributed by atoms with van der Waals surface area (Å²) in [5.41, 5.74) is -0.766. The number of carbonyl (C=O) groups is 2. The van der Waals surface area contributed by atoms with Gasteiger partial charge in [-0.2, -0.15) is 0 Å². The number of nitrogens with one attached hydrogen (secondary N) is 1. The van der Waals surface area contributed by atoms with Crippen LogP contribution in [0.1, 0.15) is 44.9 Å². The first-order valence-electron chi connectivity index (χ1n) is 6.44. The first kappa shape index (κ1) is 17.0. The molecule has 0 aliphatic heterocycles. The van der Waals surface area contributed by atoms with Crippen LogP contribution in [0.3, 0.4) is 0 Å². The van der Waals surface area contributed by atoms with Crippen LogP contribution in [0.2, 0.25) is 4.34 Å². The second-order valence-electron chi connectivity index (χ2n) is 5.50. The molecule has 2 N–H and O–H groups in total. The van der Waals surface area contributed by atoms with E-state index >= 15 is 0 Å². The van der Waals surface area contributed by atoms with Gasteiger partial charge in [0, 0.05) is 10.4 Å². The minimum absolute atomic E-state index is 0.0154. The lowest BCUT2D eigenvalue weighted by molar-refractivity contribution is -0.139. The van der Waals surface area contributed by atoms with Crippen molar-refractivity contribution in [2.24, 2.45) is 5.92 Å². The van der Waals surface area contributed by atoms with Crippen molar-refractivity contribution in [2.75, 3.05) is 0 Å². The minimum Gasteiger partial charge on any atom is -0.481 e. The van der Waals surface area contributed by atoms with Crippen LogP contribution >= 0.6 is 22.9 Å². The van der Waals surface area contributed by atoms with E-state index in [1.165, 1.54) is 11.3 Å². The van der Waals surface area contributed by atoms with Gasteiger partial charge in [0.05, 0.1) is 16.7 Å². The number of thiophene rings is 1. The largest absolute Gasteiger partial charge is 0.481 e. The van der Waals surface area contributed by atoms with E-state index in [0.717, 1.165) is 4.88 Å². The Morgan fingerprint density at radius 1 is 1.40 bits per heavy atom. The van der Waals surface area contributed by atoms with Crippen LogP contribution in [-0.4, -0.2) is 22.5 Å². The Hall–Kier alpha value is -1.07. The van der Waals surface area contributed by atoms with E-state index in [0.29, 0.717) is 4.34 Å². The zero-order chi connectivity index (χ0) is 15.5. The minimum atomic E-state index is -0.923. The van der Waals surface area contributed by atoms with E-state index < -0.39 is 11.5 Å². The van der Waals surface area contributed by atoms with Crippen molar-refractivity contribution < 1.29 is 14.7 Å². The molecule has 4 nitrogen and oxygen atoms in total. The zero-order valence-electron chi connectivity index (χ0n) is 12.1. The highest BCUT2D eigenvalue weighted by molar-refractivity contribution is 7.16. The molecule has 0 radical (unpaired) electrons. The molecule has 0 saturated heterocycles. The monoisotopic (exact) mass is 317 g/mol. The van der Waals surface area contributed by atoms with E-state index in [4.69, 9.17) is 16.7 Å². The molecule has 0 aliphatic carbocycles. The average molecular weight is 318 g/mol.